The molecule has 88 valence electrons. The topological polar surface area (TPSA) is 92.5 Å². The molecule has 0 aromatic heterocycles. The van der Waals surface area contributed by atoms with Crippen LogP contribution in [0.2, 0.25) is 0 Å². The van der Waals surface area contributed by atoms with Crippen molar-refractivity contribution in [1.82, 2.24) is 0 Å². The Morgan fingerprint density at radius 3 is 1.67 bits per heavy atom. The van der Waals surface area contributed by atoms with E-state index >= 15 is 0 Å². The van der Waals surface area contributed by atoms with E-state index in [4.69, 9.17) is 11.5 Å². The number of aliphatic hydroxyl groups is 2. The van der Waals surface area contributed by atoms with Crippen molar-refractivity contribution >= 4 is 0 Å². The summed E-state index contributed by atoms with van der Waals surface area (Å²) in [6.07, 6.45) is 4.22. The molecular weight excluding hydrogens is 192 g/mol. The van der Waals surface area contributed by atoms with E-state index in [1.807, 2.05) is 0 Å². The van der Waals surface area contributed by atoms with Crippen LogP contribution in [0.3, 0.4) is 0 Å². The second-order valence-electron chi connectivity index (χ2n) is 5.35. The van der Waals surface area contributed by atoms with Crippen molar-refractivity contribution in [1.29, 1.82) is 0 Å². The molecule has 0 amide bonds. The molecule has 0 aromatic rings. The molecule has 2 bridgehead atoms. The summed E-state index contributed by atoms with van der Waals surface area (Å²) in [5, 5.41) is 20.8. The zero-order valence-corrected chi connectivity index (χ0v) is 9.15. The average Bonchev–Trinajstić information content (AvgIpc) is 2.49. The van der Waals surface area contributed by atoms with E-state index < -0.39 is 11.2 Å². The lowest BCUT2D eigenvalue weighted by atomic mass is 9.64. The van der Waals surface area contributed by atoms with Gasteiger partial charge in [-0.2, -0.15) is 0 Å². The van der Waals surface area contributed by atoms with Crippen molar-refractivity contribution in [3.05, 3.63) is 0 Å². The summed E-state index contributed by atoms with van der Waals surface area (Å²) in [4.78, 5) is 0. The first-order valence-corrected chi connectivity index (χ1v) is 5.89. The summed E-state index contributed by atoms with van der Waals surface area (Å²) in [7, 11) is 0. The number of hydrogen-bond donors (Lipinski definition) is 4. The minimum atomic E-state index is -0.761. The maximum Gasteiger partial charge on any atom is 0.0802 e. The molecule has 15 heavy (non-hydrogen) atoms. The van der Waals surface area contributed by atoms with Crippen molar-refractivity contribution in [2.24, 2.45) is 23.3 Å². The number of nitrogens with two attached hydrogens (primary N) is 2. The lowest BCUT2D eigenvalue weighted by molar-refractivity contribution is -0.137. The minimum Gasteiger partial charge on any atom is -0.388 e. The van der Waals surface area contributed by atoms with Crippen LogP contribution in [0.1, 0.15) is 32.1 Å². The Bertz CT molecular complexity index is 225. The Labute approximate surface area is 90.6 Å². The van der Waals surface area contributed by atoms with Gasteiger partial charge in [-0.3, -0.25) is 0 Å². The van der Waals surface area contributed by atoms with Gasteiger partial charge in [0, 0.05) is 13.1 Å². The van der Waals surface area contributed by atoms with Crippen LogP contribution in [0.4, 0.5) is 0 Å². The van der Waals surface area contributed by atoms with E-state index in [2.05, 4.69) is 0 Å². The Morgan fingerprint density at radius 1 is 0.933 bits per heavy atom. The molecule has 3 aliphatic carbocycles. The van der Waals surface area contributed by atoms with Crippen LogP contribution in [0.15, 0.2) is 0 Å². The van der Waals surface area contributed by atoms with Crippen LogP contribution in [0, 0.1) is 11.8 Å². The Hall–Kier alpha value is -0.160. The van der Waals surface area contributed by atoms with E-state index in [0.717, 1.165) is 19.3 Å². The molecule has 4 unspecified atom stereocenters. The molecule has 3 aliphatic rings. The summed E-state index contributed by atoms with van der Waals surface area (Å²) >= 11 is 0. The van der Waals surface area contributed by atoms with E-state index in [0.29, 0.717) is 25.9 Å². The van der Waals surface area contributed by atoms with Crippen LogP contribution >= 0.6 is 0 Å². The number of rotatable bonds is 2. The second kappa shape index (κ2) is 3.70. The lowest BCUT2D eigenvalue weighted by Gasteiger charge is -2.48. The molecule has 3 fully saturated rings. The normalized spacial score (nSPS) is 50.4. The molecule has 0 aliphatic heterocycles. The summed E-state index contributed by atoms with van der Waals surface area (Å²) in [6, 6.07) is 0. The summed E-state index contributed by atoms with van der Waals surface area (Å²) in [5.74, 6) is 0.240. The Kier molecular flexibility index (Phi) is 2.79. The predicted molar refractivity (Wildman–Crippen MR) is 58.1 cm³/mol. The SMILES string of the molecule is NCC1(O)CC2CCCC1CC2(O)CN. The van der Waals surface area contributed by atoms with Gasteiger partial charge in [-0.1, -0.05) is 6.42 Å². The second-order valence-corrected chi connectivity index (χ2v) is 5.35. The van der Waals surface area contributed by atoms with Crippen molar-refractivity contribution in [3.63, 3.8) is 0 Å². The van der Waals surface area contributed by atoms with Crippen LogP contribution in [0.25, 0.3) is 0 Å². The quantitative estimate of drug-likeness (QED) is 0.502. The van der Waals surface area contributed by atoms with Gasteiger partial charge in [-0.25, -0.2) is 0 Å². The fraction of sp³-hybridized carbons (Fsp3) is 1.00. The largest absolute Gasteiger partial charge is 0.388 e. The highest BCUT2D eigenvalue weighted by Gasteiger charge is 2.53. The summed E-state index contributed by atoms with van der Waals surface area (Å²) in [6.45, 7) is 0.601. The first-order chi connectivity index (χ1) is 7.04. The van der Waals surface area contributed by atoms with Crippen molar-refractivity contribution < 1.29 is 10.2 Å². The molecule has 4 atom stereocenters. The maximum absolute atomic E-state index is 10.4. The van der Waals surface area contributed by atoms with Gasteiger partial charge in [0.25, 0.3) is 0 Å². The standard InChI is InChI=1S/C11H22N2O2/c12-6-10(14)5-9-3-1-2-8(10)4-11(9,15)7-13/h8-9,14-15H,1-7,12-13H2. The monoisotopic (exact) mass is 214 g/mol. The highest BCUT2D eigenvalue weighted by Crippen LogP contribution is 2.49. The van der Waals surface area contributed by atoms with E-state index in [1.165, 1.54) is 0 Å². The fourth-order valence-electron chi connectivity index (χ4n) is 3.42. The van der Waals surface area contributed by atoms with Crippen LogP contribution in [-0.2, 0) is 0 Å². The Balaban J connectivity index is 2.26. The van der Waals surface area contributed by atoms with Gasteiger partial charge in [0.1, 0.15) is 0 Å². The zero-order chi connectivity index (χ0) is 11.1. The molecule has 0 radical (unpaired) electrons. The molecule has 0 heterocycles. The predicted octanol–water partition coefficient (Wildman–Crippen LogP) is -0.424. The molecule has 0 saturated heterocycles. The molecule has 0 spiro atoms. The third-order valence-corrected chi connectivity index (χ3v) is 4.53. The van der Waals surface area contributed by atoms with E-state index in [1.54, 1.807) is 0 Å². The smallest absolute Gasteiger partial charge is 0.0802 e. The zero-order valence-electron chi connectivity index (χ0n) is 9.15. The third kappa shape index (κ3) is 1.69. The molecule has 3 saturated carbocycles. The summed E-state index contributed by atoms with van der Waals surface area (Å²) in [5.41, 5.74) is 9.80. The van der Waals surface area contributed by atoms with Gasteiger partial charge in [-0.15, -0.1) is 0 Å². The minimum absolute atomic E-state index is 0.120. The van der Waals surface area contributed by atoms with Gasteiger partial charge >= 0.3 is 0 Å². The third-order valence-electron chi connectivity index (χ3n) is 4.53. The van der Waals surface area contributed by atoms with Crippen LogP contribution in [0.5, 0.6) is 0 Å². The maximum atomic E-state index is 10.4. The van der Waals surface area contributed by atoms with Crippen molar-refractivity contribution in [3.8, 4) is 0 Å². The van der Waals surface area contributed by atoms with Crippen LogP contribution < -0.4 is 11.5 Å². The van der Waals surface area contributed by atoms with Crippen molar-refractivity contribution in [2.75, 3.05) is 13.1 Å². The summed E-state index contributed by atoms with van der Waals surface area (Å²) < 4.78 is 0. The highest BCUT2D eigenvalue weighted by molar-refractivity contribution is 5.06. The van der Waals surface area contributed by atoms with Gasteiger partial charge in [0.2, 0.25) is 0 Å². The van der Waals surface area contributed by atoms with Crippen LogP contribution in [-0.4, -0.2) is 34.5 Å². The molecule has 4 nitrogen and oxygen atoms in total. The Morgan fingerprint density at radius 2 is 1.33 bits per heavy atom. The van der Waals surface area contributed by atoms with Gasteiger partial charge in [0.15, 0.2) is 0 Å². The number of hydrogen-bond acceptors (Lipinski definition) is 4. The van der Waals surface area contributed by atoms with Gasteiger partial charge < -0.3 is 21.7 Å². The molecule has 6 N–H and O–H groups in total. The lowest BCUT2D eigenvalue weighted by Crippen LogP contribution is -2.59. The first-order valence-electron chi connectivity index (χ1n) is 5.89. The van der Waals surface area contributed by atoms with E-state index in [9.17, 15) is 10.2 Å². The molecule has 0 aromatic carbocycles. The highest BCUT2D eigenvalue weighted by atomic mass is 16.3. The average molecular weight is 214 g/mol. The fourth-order valence-corrected chi connectivity index (χ4v) is 3.42. The van der Waals surface area contributed by atoms with E-state index in [-0.39, 0.29) is 11.8 Å². The number of fused-ring (bicyclic) bond motifs is 4. The molecule has 4 heteroatoms. The molecule has 3 rings (SSSR count). The van der Waals surface area contributed by atoms with Gasteiger partial charge in [0.05, 0.1) is 11.2 Å². The van der Waals surface area contributed by atoms with Crippen molar-refractivity contribution in [2.45, 2.75) is 43.3 Å². The molecular formula is C11H22N2O2. The first kappa shape index (κ1) is 11.3. The van der Waals surface area contributed by atoms with Gasteiger partial charge in [-0.05, 0) is 37.5 Å².